The lowest BCUT2D eigenvalue weighted by atomic mass is 10.2. The van der Waals surface area contributed by atoms with Gasteiger partial charge in [0.15, 0.2) is 0 Å². The molecular weight excluding hydrogens is 430 g/mol. The standard InChI is InChI=1S/C13H14N4O.C12H17N3O/c14-11-1-2-12(13-10(11)3-4-16-13)18-8-7-17-6-5-15-9-17;1-15(2)7-8-16-11-4-3-10(13)9-5-6-14-12(9)11/h1-6,9,16H,7-8,14H2;3-6,14H,7-8,13H2,1-2H3. The molecule has 9 nitrogen and oxygen atoms in total. The summed E-state index contributed by atoms with van der Waals surface area (Å²) in [5.74, 6) is 1.68. The highest BCUT2D eigenvalue weighted by molar-refractivity contribution is 5.95. The lowest BCUT2D eigenvalue weighted by Crippen LogP contribution is -2.19. The van der Waals surface area contributed by atoms with Crippen LogP contribution in [0, 0.1) is 0 Å². The summed E-state index contributed by atoms with van der Waals surface area (Å²) >= 11 is 0. The van der Waals surface area contributed by atoms with Crippen molar-refractivity contribution in [2.45, 2.75) is 6.54 Å². The number of nitrogens with one attached hydrogen (secondary N) is 2. The van der Waals surface area contributed by atoms with Gasteiger partial charge in [-0.1, -0.05) is 0 Å². The van der Waals surface area contributed by atoms with Crippen molar-refractivity contribution in [1.29, 1.82) is 0 Å². The molecule has 0 fully saturated rings. The van der Waals surface area contributed by atoms with Gasteiger partial charge in [-0.3, -0.25) is 0 Å². The number of imidazole rings is 1. The van der Waals surface area contributed by atoms with Crippen molar-refractivity contribution < 1.29 is 9.47 Å². The molecule has 3 aromatic heterocycles. The van der Waals surface area contributed by atoms with Crippen molar-refractivity contribution in [2.75, 3.05) is 45.3 Å². The predicted molar refractivity (Wildman–Crippen MR) is 137 cm³/mol. The SMILES string of the molecule is CN(C)CCOc1ccc(N)c2cc[nH]c12.Nc1ccc(OCCn2ccnc2)c2[nH]ccc12. The van der Waals surface area contributed by atoms with E-state index in [1.165, 1.54) is 0 Å². The van der Waals surface area contributed by atoms with Gasteiger partial charge in [-0.25, -0.2) is 4.98 Å². The molecule has 0 atom stereocenters. The number of anilines is 2. The molecule has 0 amide bonds. The van der Waals surface area contributed by atoms with Gasteiger partial charge >= 0.3 is 0 Å². The number of nitrogens with zero attached hydrogens (tertiary/aromatic N) is 3. The first-order valence-corrected chi connectivity index (χ1v) is 11.1. The first-order chi connectivity index (χ1) is 16.5. The normalized spacial score (nSPS) is 11.0. The average Bonchev–Trinajstić information content (AvgIpc) is 3.59. The Hall–Kier alpha value is -4.11. The molecule has 5 aromatic rings. The second-order valence-corrected chi connectivity index (χ2v) is 8.14. The Balaban J connectivity index is 0.000000162. The number of hydrogen-bond acceptors (Lipinski definition) is 6. The zero-order valence-corrected chi connectivity index (χ0v) is 19.5. The summed E-state index contributed by atoms with van der Waals surface area (Å²) in [6.45, 7) is 2.93. The van der Waals surface area contributed by atoms with Gasteiger partial charge in [0.05, 0.1) is 23.9 Å². The van der Waals surface area contributed by atoms with Crippen LogP contribution in [0.2, 0.25) is 0 Å². The Morgan fingerprint density at radius 2 is 1.44 bits per heavy atom. The first kappa shape index (κ1) is 23.1. The smallest absolute Gasteiger partial charge is 0.143 e. The number of aromatic nitrogens is 4. The fraction of sp³-hybridized carbons (Fsp3) is 0.240. The number of nitrogens with two attached hydrogens (primary N) is 2. The highest BCUT2D eigenvalue weighted by Gasteiger charge is 2.07. The number of fused-ring (bicyclic) bond motifs is 2. The van der Waals surface area contributed by atoms with Crippen molar-refractivity contribution in [3.63, 3.8) is 0 Å². The monoisotopic (exact) mass is 461 g/mol. The number of hydrogen-bond donors (Lipinski definition) is 4. The van der Waals surface area contributed by atoms with Crippen LogP contribution in [0.4, 0.5) is 11.4 Å². The number of H-pyrrole nitrogens is 2. The van der Waals surface area contributed by atoms with Gasteiger partial charge in [0.2, 0.25) is 0 Å². The molecule has 0 aliphatic carbocycles. The van der Waals surface area contributed by atoms with Crippen LogP contribution in [-0.4, -0.2) is 58.3 Å². The zero-order chi connectivity index (χ0) is 23.9. The molecule has 3 heterocycles. The summed E-state index contributed by atoms with van der Waals surface area (Å²) in [5.41, 5.74) is 15.2. The second-order valence-electron chi connectivity index (χ2n) is 8.14. The van der Waals surface area contributed by atoms with Gasteiger partial charge < -0.3 is 40.4 Å². The molecule has 9 heteroatoms. The van der Waals surface area contributed by atoms with E-state index in [1.54, 1.807) is 12.5 Å². The number of nitrogen functional groups attached to an aromatic ring is 2. The minimum absolute atomic E-state index is 0.592. The molecule has 0 saturated heterocycles. The van der Waals surface area contributed by atoms with Gasteiger partial charge in [0.1, 0.15) is 24.7 Å². The third kappa shape index (κ3) is 5.44. The summed E-state index contributed by atoms with van der Waals surface area (Å²) in [6, 6.07) is 11.5. The Kier molecular flexibility index (Phi) is 7.24. The van der Waals surface area contributed by atoms with Crippen molar-refractivity contribution in [3.05, 3.63) is 67.5 Å². The maximum absolute atomic E-state index is 5.89. The number of benzene rings is 2. The highest BCUT2D eigenvalue weighted by atomic mass is 16.5. The quantitative estimate of drug-likeness (QED) is 0.261. The van der Waals surface area contributed by atoms with Crippen molar-refractivity contribution in [2.24, 2.45) is 0 Å². The van der Waals surface area contributed by atoms with Gasteiger partial charge in [-0.05, 0) is 50.5 Å². The van der Waals surface area contributed by atoms with Crippen LogP contribution in [-0.2, 0) is 6.54 Å². The molecule has 34 heavy (non-hydrogen) atoms. The molecule has 0 aliphatic heterocycles. The van der Waals surface area contributed by atoms with Crippen molar-refractivity contribution in [3.8, 4) is 11.5 Å². The van der Waals surface area contributed by atoms with Crippen LogP contribution in [0.5, 0.6) is 11.5 Å². The van der Waals surface area contributed by atoms with Crippen LogP contribution in [0.15, 0.2) is 67.5 Å². The molecular formula is C25H31N7O2. The molecule has 0 saturated carbocycles. The Labute approximate surface area is 198 Å². The van der Waals surface area contributed by atoms with Gasteiger partial charge in [-0.15, -0.1) is 0 Å². The summed E-state index contributed by atoms with van der Waals surface area (Å²) in [6.07, 6.45) is 9.18. The summed E-state index contributed by atoms with van der Waals surface area (Å²) in [5, 5.41) is 2.01. The van der Waals surface area contributed by atoms with Gasteiger partial charge in [0, 0.05) is 53.5 Å². The maximum atomic E-state index is 5.89. The van der Waals surface area contributed by atoms with E-state index in [1.807, 2.05) is 73.7 Å². The lowest BCUT2D eigenvalue weighted by Gasteiger charge is -2.12. The third-order valence-electron chi connectivity index (χ3n) is 5.40. The van der Waals surface area contributed by atoms with Crippen LogP contribution in [0.3, 0.4) is 0 Å². The van der Waals surface area contributed by atoms with Crippen molar-refractivity contribution in [1.82, 2.24) is 24.4 Å². The summed E-state index contributed by atoms with van der Waals surface area (Å²) in [7, 11) is 4.05. The van der Waals surface area contributed by atoms with Crippen LogP contribution < -0.4 is 20.9 Å². The van der Waals surface area contributed by atoms with Crippen LogP contribution >= 0.6 is 0 Å². The van der Waals surface area contributed by atoms with E-state index in [9.17, 15) is 0 Å². The van der Waals surface area contributed by atoms with E-state index < -0.39 is 0 Å². The van der Waals surface area contributed by atoms with E-state index >= 15 is 0 Å². The number of likely N-dealkylation sites (N-methyl/N-ethyl adjacent to an activating group) is 1. The summed E-state index contributed by atoms with van der Waals surface area (Å²) < 4.78 is 13.5. The Morgan fingerprint density at radius 3 is 1.97 bits per heavy atom. The van der Waals surface area contributed by atoms with Gasteiger partial charge in [-0.2, -0.15) is 0 Å². The molecule has 5 rings (SSSR count). The van der Waals surface area contributed by atoms with Crippen LogP contribution in [0.25, 0.3) is 21.8 Å². The Morgan fingerprint density at radius 1 is 0.853 bits per heavy atom. The van der Waals surface area contributed by atoms with E-state index in [2.05, 4.69) is 19.9 Å². The zero-order valence-electron chi connectivity index (χ0n) is 19.5. The van der Waals surface area contributed by atoms with Gasteiger partial charge in [0.25, 0.3) is 0 Å². The predicted octanol–water partition coefficient (Wildman–Crippen LogP) is 3.72. The van der Waals surface area contributed by atoms with E-state index in [0.717, 1.165) is 57.8 Å². The topological polar surface area (TPSA) is 123 Å². The molecule has 0 radical (unpaired) electrons. The van der Waals surface area contributed by atoms with Crippen LogP contribution in [0.1, 0.15) is 0 Å². The molecule has 178 valence electrons. The number of ether oxygens (including phenoxy) is 2. The van der Waals surface area contributed by atoms with E-state index in [4.69, 9.17) is 20.9 Å². The lowest BCUT2D eigenvalue weighted by molar-refractivity contribution is 0.263. The van der Waals surface area contributed by atoms with E-state index in [-0.39, 0.29) is 0 Å². The average molecular weight is 462 g/mol. The fourth-order valence-electron chi connectivity index (χ4n) is 3.56. The van der Waals surface area contributed by atoms with E-state index in [0.29, 0.717) is 13.2 Å². The number of aromatic amines is 2. The largest absolute Gasteiger partial charge is 0.490 e. The second kappa shape index (κ2) is 10.7. The molecule has 0 spiro atoms. The van der Waals surface area contributed by atoms with Crippen molar-refractivity contribution >= 4 is 33.2 Å². The summed E-state index contributed by atoms with van der Waals surface area (Å²) in [4.78, 5) is 12.4. The highest BCUT2D eigenvalue weighted by Crippen LogP contribution is 2.29. The number of rotatable bonds is 8. The fourth-order valence-corrected chi connectivity index (χ4v) is 3.56. The third-order valence-corrected chi connectivity index (χ3v) is 5.40. The molecule has 2 aromatic carbocycles. The Bertz CT molecular complexity index is 1320. The molecule has 0 bridgehead atoms. The minimum Gasteiger partial charge on any atom is -0.490 e. The molecule has 6 N–H and O–H groups in total. The molecule has 0 aliphatic rings. The minimum atomic E-state index is 0.592. The molecule has 0 unspecified atom stereocenters. The maximum Gasteiger partial charge on any atom is 0.143 e. The first-order valence-electron chi connectivity index (χ1n) is 11.1.